The second-order valence-electron chi connectivity index (χ2n) is 6.83. The van der Waals surface area contributed by atoms with Gasteiger partial charge in [0.1, 0.15) is 5.82 Å². The molecule has 1 aromatic rings. The van der Waals surface area contributed by atoms with Crippen molar-refractivity contribution in [2.75, 3.05) is 25.5 Å². The molecule has 1 aromatic heterocycles. The summed E-state index contributed by atoms with van der Waals surface area (Å²) in [6, 6.07) is 4.48. The van der Waals surface area contributed by atoms with Crippen LogP contribution in [0.4, 0.5) is 5.82 Å². The van der Waals surface area contributed by atoms with Crippen molar-refractivity contribution in [1.29, 1.82) is 0 Å². The molecule has 0 aliphatic heterocycles. The van der Waals surface area contributed by atoms with E-state index >= 15 is 0 Å². The lowest BCUT2D eigenvalue weighted by molar-refractivity contribution is 0.361. The zero-order valence-corrected chi connectivity index (χ0v) is 14.2. The topological polar surface area (TPSA) is 28.2 Å². The van der Waals surface area contributed by atoms with E-state index in [0.29, 0.717) is 5.92 Å². The van der Waals surface area contributed by atoms with Gasteiger partial charge in [-0.05, 0) is 49.4 Å². The summed E-state index contributed by atoms with van der Waals surface area (Å²) in [6.45, 7) is 6.49. The summed E-state index contributed by atoms with van der Waals surface area (Å²) in [4.78, 5) is 7.24. The normalized spacial score (nSPS) is 16.4. The Morgan fingerprint density at radius 2 is 1.95 bits per heavy atom. The maximum atomic E-state index is 4.88. The minimum Gasteiger partial charge on any atom is -0.359 e. The van der Waals surface area contributed by atoms with E-state index in [1.54, 1.807) is 0 Å². The molecular formula is C18H31N3. The summed E-state index contributed by atoms with van der Waals surface area (Å²) in [7, 11) is 4.20. The molecule has 0 saturated heterocycles. The molecule has 1 aliphatic rings. The van der Waals surface area contributed by atoms with Gasteiger partial charge < -0.3 is 10.2 Å². The fourth-order valence-corrected chi connectivity index (χ4v) is 3.24. The number of anilines is 1. The molecule has 21 heavy (non-hydrogen) atoms. The molecule has 1 N–H and O–H groups in total. The summed E-state index contributed by atoms with van der Waals surface area (Å²) in [5.41, 5.74) is 2.54. The number of rotatable bonds is 6. The molecule has 1 aliphatic carbocycles. The Labute approximate surface area is 130 Å². The monoisotopic (exact) mass is 289 g/mol. The molecule has 0 spiro atoms. The number of hydrogen-bond acceptors (Lipinski definition) is 3. The molecule has 0 radical (unpaired) electrons. The summed E-state index contributed by atoms with van der Waals surface area (Å²) >= 11 is 0. The van der Waals surface area contributed by atoms with Gasteiger partial charge in [-0.2, -0.15) is 0 Å². The standard InChI is InChI=1S/C18H31N3/c1-14(2)17-10-16(12-19-3)11-18(20-17)21(4)13-15-8-6-5-7-9-15/h10-11,14-15,19H,5-9,12-13H2,1-4H3. The molecule has 0 atom stereocenters. The van der Waals surface area contributed by atoms with Gasteiger partial charge >= 0.3 is 0 Å². The number of hydrogen-bond donors (Lipinski definition) is 1. The third-order valence-electron chi connectivity index (χ3n) is 4.51. The smallest absolute Gasteiger partial charge is 0.128 e. The number of aromatic nitrogens is 1. The van der Waals surface area contributed by atoms with Crippen LogP contribution in [0.15, 0.2) is 12.1 Å². The van der Waals surface area contributed by atoms with Crippen molar-refractivity contribution in [3.05, 3.63) is 23.4 Å². The SMILES string of the molecule is CNCc1cc(C(C)C)nc(N(C)CC2CCCCC2)c1. The van der Waals surface area contributed by atoms with Crippen LogP contribution in [0.25, 0.3) is 0 Å². The van der Waals surface area contributed by atoms with Crippen molar-refractivity contribution in [1.82, 2.24) is 10.3 Å². The zero-order chi connectivity index (χ0) is 15.2. The number of nitrogens with zero attached hydrogens (tertiary/aromatic N) is 2. The highest BCUT2D eigenvalue weighted by Gasteiger charge is 2.17. The fourth-order valence-electron chi connectivity index (χ4n) is 3.24. The third-order valence-corrected chi connectivity index (χ3v) is 4.51. The first-order chi connectivity index (χ1) is 10.1. The maximum Gasteiger partial charge on any atom is 0.128 e. The Hall–Kier alpha value is -1.09. The van der Waals surface area contributed by atoms with E-state index in [1.165, 1.54) is 43.4 Å². The first-order valence-corrected chi connectivity index (χ1v) is 8.46. The Bertz CT molecular complexity index is 436. The van der Waals surface area contributed by atoms with Gasteiger partial charge in [0.15, 0.2) is 0 Å². The van der Waals surface area contributed by atoms with E-state index in [4.69, 9.17) is 4.98 Å². The predicted octanol–water partition coefficient (Wildman–Crippen LogP) is 3.94. The molecule has 1 saturated carbocycles. The summed E-state index contributed by atoms with van der Waals surface area (Å²) < 4.78 is 0. The molecule has 0 unspecified atom stereocenters. The second-order valence-corrected chi connectivity index (χ2v) is 6.83. The molecule has 1 heterocycles. The summed E-state index contributed by atoms with van der Waals surface area (Å²) in [6.07, 6.45) is 7.01. The number of nitrogens with one attached hydrogen (secondary N) is 1. The molecule has 118 valence electrons. The van der Waals surface area contributed by atoms with Gasteiger partial charge in [0.2, 0.25) is 0 Å². The van der Waals surface area contributed by atoms with Crippen LogP contribution >= 0.6 is 0 Å². The van der Waals surface area contributed by atoms with Gasteiger partial charge in [-0.3, -0.25) is 0 Å². The van der Waals surface area contributed by atoms with Crippen LogP contribution in [0.1, 0.15) is 63.1 Å². The van der Waals surface area contributed by atoms with Crippen molar-refractivity contribution < 1.29 is 0 Å². The van der Waals surface area contributed by atoms with Crippen LogP contribution < -0.4 is 10.2 Å². The number of pyridine rings is 1. The lowest BCUT2D eigenvalue weighted by atomic mass is 9.89. The van der Waals surface area contributed by atoms with Crippen molar-refractivity contribution in [3.8, 4) is 0 Å². The molecule has 3 nitrogen and oxygen atoms in total. The van der Waals surface area contributed by atoms with Crippen LogP contribution in [-0.4, -0.2) is 25.6 Å². The van der Waals surface area contributed by atoms with Gasteiger partial charge in [0, 0.05) is 25.8 Å². The minimum atomic E-state index is 0.476. The van der Waals surface area contributed by atoms with Crippen LogP contribution in [0.5, 0.6) is 0 Å². The van der Waals surface area contributed by atoms with Gasteiger partial charge in [0.05, 0.1) is 0 Å². The highest BCUT2D eigenvalue weighted by molar-refractivity contribution is 5.42. The summed E-state index contributed by atoms with van der Waals surface area (Å²) in [5.74, 6) is 2.46. The first-order valence-electron chi connectivity index (χ1n) is 8.46. The lowest BCUT2D eigenvalue weighted by Gasteiger charge is -2.28. The summed E-state index contributed by atoms with van der Waals surface area (Å²) in [5, 5.41) is 3.25. The molecule has 2 rings (SSSR count). The van der Waals surface area contributed by atoms with Gasteiger partial charge in [0.25, 0.3) is 0 Å². The Morgan fingerprint density at radius 1 is 1.24 bits per heavy atom. The molecular weight excluding hydrogens is 258 g/mol. The average Bonchev–Trinajstić information content (AvgIpc) is 2.48. The Balaban J connectivity index is 2.12. The predicted molar refractivity (Wildman–Crippen MR) is 90.9 cm³/mol. The zero-order valence-electron chi connectivity index (χ0n) is 14.2. The van der Waals surface area contributed by atoms with Crippen molar-refractivity contribution in [2.24, 2.45) is 5.92 Å². The maximum absolute atomic E-state index is 4.88. The van der Waals surface area contributed by atoms with E-state index < -0.39 is 0 Å². The third kappa shape index (κ3) is 4.70. The minimum absolute atomic E-state index is 0.476. The van der Waals surface area contributed by atoms with Crippen LogP contribution in [-0.2, 0) is 6.54 Å². The van der Waals surface area contributed by atoms with Crippen LogP contribution in [0.3, 0.4) is 0 Å². The quantitative estimate of drug-likeness (QED) is 0.859. The molecule has 3 heteroatoms. The van der Waals surface area contributed by atoms with E-state index in [1.807, 2.05) is 7.05 Å². The van der Waals surface area contributed by atoms with Crippen LogP contribution in [0, 0.1) is 5.92 Å². The molecule has 1 fully saturated rings. The van der Waals surface area contributed by atoms with Crippen molar-refractivity contribution >= 4 is 5.82 Å². The van der Waals surface area contributed by atoms with E-state index in [9.17, 15) is 0 Å². The fraction of sp³-hybridized carbons (Fsp3) is 0.722. The Morgan fingerprint density at radius 3 is 2.57 bits per heavy atom. The average molecular weight is 289 g/mol. The molecule has 0 aromatic carbocycles. The lowest BCUT2D eigenvalue weighted by Crippen LogP contribution is -2.28. The highest BCUT2D eigenvalue weighted by atomic mass is 15.2. The van der Waals surface area contributed by atoms with E-state index in [2.05, 4.69) is 43.2 Å². The largest absolute Gasteiger partial charge is 0.359 e. The molecule has 0 bridgehead atoms. The van der Waals surface area contributed by atoms with Gasteiger partial charge in [-0.25, -0.2) is 4.98 Å². The van der Waals surface area contributed by atoms with Crippen LogP contribution in [0.2, 0.25) is 0 Å². The van der Waals surface area contributed by atoms with Gasteiger partial charge in [-0.1, -0.05) is 33.1 Å². The second kappa shape index (κ2) is 7.79. The Kier molecular flexibility index (Phi) is 6.04. The molecule has 0 amide bonds. The van der Waals surface area contributed by atoms with E-state index in [-0.39, 0.29) is 0 Å². The van der Waals surface area contributed by atoms with E-state index in [0.717, 1.165) is 24.8 Å². The van der Waals surface area contributed by atoms with Crippen molar-refractivity contribution in [2.45, 2.75) is 58.4 Å². The first kappa shape index (κ1) is 16.3. The van der Waals surface area contributed by atoms with Gasteiger partial charge in [-0.15, -0.1) is 0 Å². The van der Waals surface area contributed by atoms with Crippen molar-refractivity contribution in [3.63, 3.8) is 0 Å². The highest BCUT2D eigenvalue weighted by Crippen LogP contribution is 2.26.